The molecule has 0 saturated carbocycles. The van der Waals surface area contributed by atoms with E-state index in [0.717, 1.165) is 24.3 Å². The molecule has 3 nitrogen and oxygen atoms in total. The maximum Gasteiger partial charge on any atom is 0.266 e. The fourth-order valence-electron chi connectivity index (χ4n) is 1.67. The molecule has 2 aromatic rings. The van der Waals surface area contributed by atoms with E-state index in [0.29, 0.717) is 6.07 Å². The summed E-state index contributed by atoms with van der Waals surface area (Å²) in [6, 6.07) is 9.74. The lowest BCUT2D eigenvalue weighted by molar-refractivity contribution is -0.112. The van der Waals surface area contributed by atoms with Gasteiger partial charge in [-0.1, -0.05) is 12.1 Å². The van der Waals surface area contributed by atoms with E-state index in [2.05, 4.69) is 5.32 Å². The van der Waals surface area contributed by atoms with Crippen LogP contribution >= 0.6 is 0 Å². The van der Waals surface area contributed by atoms with Crippen LogP contribution in [0.4, 0.5) is 18.9 Å². The zero-order chi connectivity index (χ0) is 16.1. The van der Waals surface area contributed by atoms with Crippen LogP contribution in [0, 0.1) is 28.8 Å². The predicted octanol–water partition coefficient (Wildman–Crippen LogP) is 3.65. The van der Waals surface area contributed by atoms with Crippen molar-refractivity contribution >= 4 is 17.7 Å². The summed E-state index contributed by atoms with van der Waals surface area (Å²) in [6.45, 7) is 0. The van der Waals surface area contributed by atoms with Crippen molar-refractivity contribution in [1.82, 2.24) is 0 Å². The summed E-state index contributed by atoms with van der Waals surface area (Å²) in [5.41, 5.74) is -0.663. The lowest BCUT2D eigenvalue weighted by Crippen LogP contribution is -2.14. The minimum absolute atomic E-state index is 0.103. The van der Waals surface area contributed by atoms with Crippen molar-refractivity contribution in [1.29, 1.82) is 5.26 Å². The van der Waals surface area contributed by atoms with E-state index < -0.39 is 28.9 Å². The van der Waals surface area contributed by atoms with Crippen molar-refractivity contribution in [3.05, 3.63) is 71.1 Å². The van der Waals surface area contributed by atoms with E-state index >= 15 is 0 Å². The molecular formula is C16H9F3N2O. The van der Waals surface area contributed by atoms with Gasteiger partial charge in [-0.05, 0) is 30.3 Å². The Morgan fingerprint density at radius 2 is 1.82 bits per heavy atom. The number of rotatable bonds is 3. The van der Waals surface area contributed by atoms with Gasteiger partial charge in [-0.15, -0.1) is 0 Å². The number of amides is 1. The summed E-state index contributed by atoms with van der Waals surface area (Å²) in [6.07, 6.45) is 0.963. The first-order valence-corrected chi connectivity index (χ1v) is 6.14. The third kappa shape index (κ3) is 3.52. The molecule has 22 heavy (non-hydrogen) atoms. The smallest absolute Gasteiger partial charge is 0.266 e. The van der Waals surface area contributed by atoms with Gasteiger partial charge in [0.1, 0.15) is 29.1 Å². The van der Waals surface area contributed by atoms with Gasteiger partial charge in [0.15, 0.2) is 0 Å². The predicted molar refractivity (Wildman–Crippen MR) is 75.0 cm³/mol. The molecule has 0 unspecified atom stereocenters. The summed E-state index contributed by atoms with van der Waals surface area (Å²) in [5.74, 6) is -3.24. The van der Waals surface area contributed by atoms with Crippen molar-refractivity contribution in [2.24, 2.45) is 0 Å². The molecule has 0 aliphatic heterocycles. The Balaban J connectivity index is 2.28. The lowest BCUT2D eigenvalue weighted by Gasteiger charge is -2.05. The van der Waals surface area contributed by atoms with Crippen LogP contribution in [0.5, 0.6) is 0 Å². The van der Waals surface area contributed by atoms with Gasteiger partial charge in [-0.2, -0.15) is 5.26 Å². The molecule has 0 fully saturated rings. The molecule has 1 amide bonds. The molecular weight excluding hydrogens is 293 g/mol. The number of anilines is 1. The van der Waals surface area contributed by atoms with Gasteiger partial charge in [-0.25, -0.2) is 13.2 Å². The zero-order valence-electron chi connectivity index (χ0n) is 11.1. The normalized spacial score (nSPS) is 10.9. The van der Waals surface area contributed by atoms with Crippen LogP contribution in [0.3, 0.4) is 0 Å². The summed E-state index contributed by atoms with van der Waals surface area (Å²) < 4.78 is 39.8. The number of para-hydroxylation sites is 1. The maximum atomic E-state index is 13.5. The molecule has 2 aromatic carbocycles. The second-order valence-corrected chi connectivity index (χ2v) is 4.27. The molecule has 0 aliphatic carbocycles. The average Bonchev–Trinajstić information content (AvgIpc) is 2.49. The Kier molecular flexibility index (Phi) is 4.59. The van der Waals surface area contributed by atoms with Gasteiger partial charge >= 0.3 is 0 Å². The van der Waals surface area contributed by atoms with Gasteiger partial charge in [0.2, 0.25) is 0 Å². The number of hydrogen-bond acceptors (Lipinski definition) is 2. The van der Waals surface area contributed by atoms with Crippen molar-refractivity contribution in [2.75, 3.05) is 5.32 Å². The molecule has 110 valence electrons. The van der Waals surface area contributed by atoms with Crippen LogP contribution in [0.1, 0.15) is 5.56 Å². The summed E-state index contributed by atoms with van der Waals surface area (Å²) in [4.78, 5) is 11.9. The molecule has 0 spiro atoms. The quantitative estimate of drug-likeness (QED) is 0.695. The van der Waals surface area contributed by atoms with Crippen LogP contribution < -0.4 is 5.32 Å². The first kappa shape index (κ1) is 15.3. The number of hydrogen-bond donors (Lipinski definition) is 1. The van der Waals surface area contributed by atoms with E-state index in [1.54, 1.807) is 6.07 Å². The third-order valence-corrected chi connectivity index (χ3v) is 2.75. The SMILES string of the molecule is N#C/C(=C\c1ccc(F)cc1F)C(=O)Nc1ccccc1F. The number of carbonyl (C=O) groups excluding carboxylic acids is 1. The largest absolute Gasteiger partial charge is 0.319 e. The molecule has 0 radical (unpaired) electrons. The van der Waals surface area contributed by atoms with Crippen LogP contribution in [0.2, 0.25) is 0 Å². The summed E-state index contributed by atoms with van der Waals surface area (Å²) in [5, 5.41) is 11.2. The standard InChI is InChI=1S/C16H9F3N2O/c17-12-6-5-10(14(19)8-12)7-11(9-20)16(22)21-15-4-2-1-3-13(15)18/h1-8H,(H,21,22)/b11-7+. The van der Waals surface area contributed by atoms with E-state index in [-0.39, 0.29) is 11.3 Å². The van der Waals surface area contributed by atoms with Gasteiger partial charge in [0.05, 0.1) is 5.69 Å². The monoisotopic (exact) mass is 302 g/mol. The molecule has 0 saturated heterocycles. The highest BCUT2D eigenvalue weighted by Gasteiger charge is 2.13. The van der Waals surface area contributed by atoms with Crippen LogP contribution in [-0.2, 0) is 4.79 Å². The van der Waals surface area contributed by atoms with Crippen molar-refractivity contribution in [3.63, 3.8) is 0 Å². The second-order valence-electron chi connectivity index (χ2n) is 4.27. The first-order valence-electron chi connectivity index (χ1n) is 6.14. The molecule has 1 N–H and O–H groups in total. The highest BCUT2D eigenvalue weighted by molar-refractivity contribution is 6.09. The minimum Gasteiger partial charge on any atom is -0.319 e. The maximum absolute atomic E-state index is 13.5. The van der Waals surface area contributed by atoms with Crippen molar-refractivity contribution in [3.8, 4) is 6.07 Å². The Morgan fingerprint density at radius 1 is 1.09 bits per heavy atom. The second kappa shape index (κ2) is 6.59. The van der Waals surface area contributed by atoms with Gasteiger partial charge < -0.3 is 5.32 Å². The minimum atomic E-state index is -0.911. The molecule has 0 bridgehead atoms. The molecule has 0 aliphatic rings. The topological polar surface area (TPSA) is 52.9 Å². The number of benzene rings is 2. The number of nitriles is 1. The molecule has 2 rings (SSSR count). The molecule has 0 heterocycles. The van der Waals surface area contributed by atoms with E-state index in [9.17, 15) is 18.0 Å². The fourth-order valence-corrected chi connectivity index (χ4v) is 1.67. The highest BCUT2D eigenvalue weighted by atomic mass is 19.1. The Bertz CT molecular complexity index is 794. The van der Waals surface area contributed by atoms with Crippen LogP contribution in [0.15, 0.2) is 48.0 Å². The van der Waals surface area contributed by atoms with Gasteiger partial charge in [0.25, 0.3) is 5.91 Å². The van der Waals surface area contributed by atoms with Crippen molar-refractivity contribution in [2.45, 2.75) is 0 Å². The Hall–Kier alpha value is -3.07. The number of halogens is 3. The third-order valence-electron chi connectivity index (χ3n) is 2.75. The van der Waals surface area contributed by atoms with E-state index in [1.807, 2.05) is 0 Å². The first-order chi connectivity index (χ1) is 10.5. The Labute approximate surface area is 124 Å². The molecule has 6 heteroatoms. The zero-order valence-corrected chi connectivity index (χ0v) is 11.1. The molecule has 0 atom stereocenters. The van der Waals surface area contributed by atoms with Crippen LogP contribution in [-0.4, -0.2) is 5.91 Å². The van der Waals surface area contributed by atoms with Crippen molar-refractivity contribution < 1.29 is 18.0 Å². The van der Waals surface area contributed by atoms with Gasteiger partial charge in [-0.3, -0.25) is 4.79 Å². The average molecular weight is 302 g/mol. The summed E-state index contributed by atoms with van der Waals surface area (Å²) in [7, 11) is 0. The number of carbonyl (C=O) groups is 1. The molecule has 0 aromatic heterocycles. The number of nitrogens with one attached hydrogen (secondary N) is 1. The number of nitrogens with zero attached hydrogens (tertiary/aromatic N) is 1. The Morgan fingerprint density at radius 3 is 2.45 bits per heavy atom. The van der Waals surface area contributed by atoms with Gasteiger partial charge in [0, 0.05) is 11.6 Å². The highest BCUT2D eigenvalue weighted by Crippen LogP contribution is 2.16. The lowest BCUT2D eigenvalue weighted by atomic mass is 10.1. The van der Waals surface area contributed by atoms with Crippen LogP contribution in [0.25, 0.3) is 6.08 Å². The summed E-state index contributed by atoms with van der Waals surface area (Å²) >= 11 is 0. The fraction of sp³-hybridized carbons (Fsp3) is 0. The van der Waals surface area contributed by atoms with E-state index in [1.165, 1.54) is 18.2 Å². The van der Waals surface area contributed by atoms with E-state index in [4.69, 9.17) is 5.26 Å².